The molecule has 0 aromatic carbocycles. The molecule has 0 fully saturated rings. The minimum Gasteiger partial charge on any atom is -0.477 e. The Balaban J connectivity index is 2.23. The summed E-state index contributed by atoms with van der Waals surface area (Å²) in [5.41, 5.74) is 1.07. The molecule has 0 spiro atoms. The molecule has 2 aromatic heterocycles. The van der Waals surface area contributed by atoms with Crippen LogP contribution in [0.5, 0.6) is 0 Å². The van der Waals surface area contributed by atoms with Gasteiger partial charge in [-0.2, -0.15) is 0 Å². The van der Waals surface area contributed by atoms with E-state index >= 15 is 0 Å². The smallest absolute Gasteiger partial charge is 0.354 e. The predicted molar refractivity (Wildman–Crippen MR) is 73.1 cm³/mol. The van der Waals surface area contributed by atoms with E-state index in [0.29, 0.717) is 11.4 Å². The number of carboxylic acids is 1. The molecule has 0 aliphatic carbocycles. The van der Waals surface area contributed by atoms with E-state index in [9.17, 15) is 9.59 Å². The Morgan fingerprint density at radius 3 is 2.70 bits per heavy atom. The highest BCUT2D eigenvalue weighted by Gasteiger charge is 2.12. The lowest BCUT2D eigenvalue weighted by Crippen LogP contribution is -2.14. The zero-order valence-corrected chi connectivity index (χ0v) is 11.2. The third-order valence-corrected chi connectivity index (χ3v) is 2.78. The van der Waals surface area contributed by atoms with Crippen molar-refractivity contribution in [3.05, 3.63) is 52.6 Å². The standard InChI is InChI=1S/C13H10ClN3O3/c1-7-4-10(14)9(6-16-7)12(18)17-8-2-3-15-11(5-8)13(19)20/h2-6H,1H3,(H,19,20)(H,15,17,18). The second-order valence-electron chi connectivity index (χ2n) is 3.99. The first-order valence-corrected chi connectivity index (χ1v) is 5.98. The summed E-state index contributed by atoms with van der Waals surface area (Å²) in [5, 5.41) is 11.7. The zero-order chi connectivity index (χ0) is 14.7. The number of aryl methyl sites for hydroxylation is 1. The van der Waals surface area contributed by atoms with E-state index < -0.39 is 11.9 Å². The van der Waals surface area contributed by atoms with Crippen molar-refractivity contribution >= 4 is 29.2 Å². The number of carbonyl (C=O) groups is 2. The molecule has 0 radical (unpaired) electrons. The Kier molecular flexibility index (Phi) is 3.95. The number of hydrogen-bond donors (Lipinski definition) is 2. The molecule has 102 valence electrons. The SMILES string of the molecule is Cc1cc(Cl)c(C(=O)Nc2ccnc(C(=O)O)c2)cn1. The fourth-order valence-corrected chi connectivity index (χ4v) is 1.81. The number of carbonyl (C=O) groups excluding carboxylic acids is 1. The van der Waals surface area contributed by atoms with Crippen LogP contribution in [0.4, 0.5) is 5.69 Å². The molecule has 0 unspecified atom stereocenters. The van der Waals surface area contributed by atoms with E-state index in [1.807, 2.05) is 0 Å². The van der Waals surface area contributed by atoms with Crippen LogP contribution < -0.4 is 5.32 Å². The number of amides is 1. The highest BCUT2D eigenvalue weighted by atomic mass is 35.5. The molecule has 0 atom stereocenters. The lowest BCUT2D eigenvalue weighted by molar-refractivity contribution is 0.0690. The molecule has 0 aliphatic rings. The number of hydrogen-bond acceptors (Lipinski definition) is 4. The minimum atomic E-state index is -1.17. The largest absolute Gasteiger partial charge is 0.477 e. The van der Waals surface area contributed by atoms with Gasteiger partial charge in [0.15, 0.2) is 0 Å². The maximum atomic E-state index is 12.0. The Morgan fingerprint density at radius 1 is 1.30 bits per heavy atom. The van der Waals surface area contributed by atoms with Crippen molar-refractivity contribution in [1.82, 2.24) is 9.97 Å². The van der Waals surface area contributed by atoms with Crippen molar-refractivity contribution in [1.29, 1.82) is 0 Å². The molecule has 7 heteroatoms. The lowest BCUT2D eigenvalue weighted by atomic mass is 10.2. The predicted octanol–water partition coefficient (Wildman–Crippen LogP) is 2.39. The molecule has 2 N–H and O–H groups in total. The monoisotopic (exact) mass is 291 g/mol. The van der Waals surface area contributed by atoms with E-state index in [1.165, 1.54) is 24.5 Å². The number of anilines is 1. The number of carboxylic acid groups (broad SMARTS) is 1. The molecule has 0 saturated carbocycles. The van der Waals surface area contributed by atoms with Crippen LogP contribution in [0, 0.1) is 6.92 Å². The fourth-order valence-electron chi connectivity index (χ4n) is 1.52. The van der Waals surface area contributed by atoms with Gasteiger partial charge >= 0.3 is 5.97 Å². The Labute approximate surface area is 119 Å². The van der Waals surface area contributed by atoms with Gasteiger partial charge in [0.05, 0.1) is 10.6 Å². The van der Waals surface area contributed by atoms with Crippen molar-refractivity contribution in [2.75, 3.05) is 5.32 Å². The van der Waals surface area contributed by atoms with Crippen LogP contribution in [0.15, 0.2) is 30.6 Å². The summed E-state index contributed by atoms with van der Waals surface area (Å²) in [6, 6.07) is 4.32. The Bertz CT molecular complexity index is 688. The summed E-state index contributed by atoms with van der Waals surface area (Å²) in [5.74, 6) is -1.64. The van der Waals surface area contributed by atoms with Crippen molar-refractivity contribution < 1.29 is 14.7 Å². The molecule has 2 aromatic rings. The van der Waals surface area contributed by atoms with E-state index in [2.05, 4.69) is 15.3 Å². The number of pyridine rings is 2. The Hall–Kier alpha value is -2.47. The number of nitrogens with zero attached hydrogens (tertiary/aromatic N) is 2. The van der Waals surface area contributed by atoms with Crippen LogP contribution in [0.2, 0.25) is 5.02 Å². The maximum absolute atomic E-state index is 12.0. The third-order valence-electron chi connectivity index (χ3n) is 2.47. The topological polar surface area (TPSA) is 92.2 Å². The van der Waals surface area contributed by atoms with E-state index in [0.717, 1.165) is 0 Å². The van der Waals surface area contributed by atoms with Crippen molar-refractivity contribution in [3.8, 4) is 0 Å². The summed E-state index contributed by atoms with van der Waals surface area (Å²) in [7, 11) is 0. The molecule has 6 nitrogen and oxygen atoms in total. The van der Waals surface area contributed by atoms with Gasteiger partial charge in [-0.15, -0.1) is 0 Å². The summed E-state index contributed by atoms with van der Waals surface area (Å²) in [4.78, 5) is 30.5. The molecule has 0 saturated heterocycles. The summed E-state index contributed by atoms with van der Waals surface area (Å²) < 4.78 is 0. The number of rotatable bonds is 3. The molecule has 0 aliphatic heterocycles. The highest BCUT2D eigenvalue weighted by molar-refractivity contribution is 6.34. The minimum absolute atomic E-state index is 0.157. The van der Waals surface area contributed by atoms with Crippen LogP contribution in [-0.2, 0) is 0 Å². The summed E-state index contributed by atoms with van der Waals surface area (Å²) >= 11 is 5.97. The second kappa shape index (κ2) is 5.66. The van der Waals surface area contributed by atoms with Gasteiger partial charge in [-0.1, -0.05) is 11.6 Å². The lowest BCUT2D eigenvalue weighted by Gasteiger charge is -2.07. The zero-order valence-electron chi connectivity index (χ0n) is 10.4. The summed E-state index contributed by atoms with van der Waals surface area (Å²) in [6.07, 6.45) is 2.67. The van der Waals surface area contributed by atoms with Gasteiger partial charge in [-0.25, -0.2) is 9.78 Å². The maximum Gasteiger partial charge on any atom is 0.354 e. The number of halogens is 1. The van der Waals surface area contributed by atoms with Crippen LogP contribution >= 0.6 is 11.6 Å². The van der Waals surface area contributed by atoms with Crippen molar-refractivity contribution in [3.63, 3.8) is 0 Å². The first-order valence-electron chi connectivity index (χ1n) is 5.60. The average molecular weight is 292 g/mol. The van der Waals surface area contributed by atoms with Gasteiger partial charge in [0.2, 0.25) is 0 Å². The Morgan fingerprint density at radius 2 is 2.05 bits per heavy atom. The van der Waals surface area contributed by atoms with Crippen LogP contribution in [0.25, 0.3) is 0 Å². The van der Waals surface area contributed by atoms with Crippen LogP contribution in [0.3, 0.4) is 0 Å². The number of nitrogens with one attached hydrogen (secondary N) is 1. The van der Waals surface area contributed by atoms with Crippen molar-refractivity contribution in [2.45, 2.75) is 6.92 Å². The van der Waals surface area contributed by atoms with Gasteiger partial charge in [0.1, 0.15) is 5.69 Å². The molecular weight excluding hydrogens is 282 g/mol. The van der Waals surface area contributed by atoms with Gasteiger partial charge in [-0.3, -0.25) is 9.78 Å². The first-order chi connectivity index (χ1) is 9.47. The number of aromatic carboxylic acids is 1. The van der Waals surface area contributed by atoms with E-state index in [4.69, 9.17) is 16.7 Å². The van der Waals surface area contributed by atoms with Gasteiger partial charge in [0.25, 0.3) is 5.91 Å². The molecule has 2 rings (SSSR count). The second-order valence-corrected chi connectivity index (χ2v) is 4.40. The fraction of sp³-hybridized carbons (Fsp3) is 0.0769. The van der Waals surface area contributed by atoms with Crippen LogP contribution in [-0.4, -0.2) is 27.0 Å². The molecular formula is C13H10ClN3O3. The summed E-state index contributed by atoms with van der Waals surface area (Å²) in [6.45, 7) is 1.76. The molecule has 1 amide bonds. The number of aromatic nitrogens is 2. The van der Waals surface area contributed by atoms with Gasteiger partial charge in [0, 0.05) is 23.8 Å². The molecule has 0 bridgehead atoms. The molecule has 2 heterocycles. The van der Waals surface area contributed by atoms with Crippen LogP contribution in [0.1, 0.15) is 26.5 Å². The molecule has 20 heavy (non-hydrogen) atoms. The van der Waals surface area contributed by atoms with Crippen molar-refractivity contribution in [2.24, 2.45) is 0 Å². The average Bonchev–Trinajstić information content (AvgIpc) is 2.38. The van der Waals surface area contributed by atoms with E-state index in [1.54, 1.807) is 13.0 Å². The highest BCUT2D eigenvalue weighted by Crippen LogP contribution is 2.17. The normalized spacial score (nSPS) is 10.1. The quantitative estimate of drug-likeness (QED) is 0.906. The van der Waals surface area contributed by atoms with E-state index in [-0.39, 0.29) is 16.3 Å². The van der Waals surface area contributed by atoms with Gasteiger partial charge in [-0.05, 0) is 25.1 Å². The third kappa shape index (κ3) is 3.10. The first kappa shape index (κ1) is 14.0. The van der Waals surface area contributed by atoms with Gasteiger partial charge < -0.3 is 10.4 Å².